The van der Waals surface area contributed by atoms with Crippen molar-refractivity contribution in [2.75, 3.05) is 36.1 Å². The molecule has 0 saturated carbocycles. The lowest BCUT2D eigenvalue weighted by molar-refractivity contribution is -0.211. The Bertz CT molecular complexity index is 1380. The van der Waals surface area contributed by atoms with Crippen LogP contribution in [0.1, 0.15) is 44.6 Å². The van der Waals surface area contributed by atoms with E-state index in [2.05, 4.69) is 15.3 Å². The largest absolute Gasteiger partial charge is 0.491 e. The van der Waals surface area contributed by atoms with Crippen molar-refractivity contribution in [3.8, 4) is 0 Å². The van der Waals surface area contributed by atoms with Crippen LogP contribution in [-0.2, 0) is 24.2 Å². The van der Waals surface area contributed by atoms with E-state index in [-0.39, 0.29) is 29.8 Å². The number of nitrogens with one attached hydrogen (secondary N) is 1. The van der Waals surface area contributed by atoms with Crippen molar-refractivity contribution in [2.45, 2.75) is 61.9 Å². The van der Waals surface area contributed by atoms with E-state index in [0.29, 0.717) is 37.9 Å². The third-order valence-corrected chi connectivity index (χ3v) is 8.14. The SMILES string of the molecule is CC(C)c1cnc(N2CCC(N3CC[C@](Nc4ccc(S(C)(=O)=O)cc4F)(OC(=O)C(F)(F)F)C3=O)CC2)nc1. The molecule has 1 N–H and O–H groups in total. The lowest BCUT2D eigenvalue weighted by Crippen LogP contribution is -2.54. The predicted molar refractivity (Wildman–Crippen MR) is 136 cm³/mol. The third-order valence-electron chi connectivity index (χ3n) is 7.03. The van der Waals surface area contributed by atoms with E-state index in [1.165, 1.54) is 4.90 Å². The van der Waals surface area contributed by atoms with E-state index >= 15 is 0 Å². The van der Waals surface area contributed by atoms with Crippen molar-refractivity contribution in [1.82, 2.24) is 14.9 Å². The fraction of sp³-hybridized carbons (Fsp3) is 0.520. The average Bonchev–Trinajstić information content (AvgIpc) is 3.19. The first-order valence-corrected chi connectivity index (χ1v) is 14.5. The quantitative estimate of drug-likeness (QED) is 0.296. The minimum Gasteiger partial charge on any atom is -0.423 e. The molecule has 1 amide bonds. The van der Waals surface area contributed by atoms with Gasteiger partial charge in [0, 0.05) is 50.7 Å². The van der Waals surface area contributed by atoms with Crippen LogP contribution in [0.5, 0.6) is 0 Å². The molecule has 0 spiro atoms. The summed E-state index contributed by atoms with van der Waals surface area (Å²) in [6.07, 6.45) is -0.542. The number of rotatable bonds is 7. The fourth-order valence-corrected chi connectivity index (χ4v) is 5.37. The van der Waals surface area contributed by atoms with Gasteiger partial charge in [-0.2, -0.15) is 13.2 Å². The van der Waals surface area contributed by atoms with Gasteiger partial charge in [0.25, 0.3) is 11.6 Å². The molecule has 1 aromatic carbocycles. The van der Waals surface area contributed by atoms with Crippen LogP contribution in [0.15, 0.2) is 35.5 Å². The second kappa shape index (κ2) is 10.8. The number of hydrogen-bond acceptors (Lipinski definition) is 9. The van der Waals surface area contributed by atoms with Crippen molar-refractivity contribution < 1.29 is 40.3 Å². The Morgan fingerprint density at radius 1 is 1.15 bits per heavy atom. The number of ether oxygens (including phenoxy) is 1. The Kier molecular flexibility index (Phi) is 7.98. The summed E-state index contributed by atoms with van der Waals surface area (Å²) in [5.74, 6) is -3.91. The zero-order valence-electron chi connectivity index (χ0n) is 22.0. The first kappa shape index (κ1) is 29.5. The molecule has 1 atom stereocenters. The van der Waals surface area contributed by atoms with Gasteiger partial charge in [-0.05, 0) is 42.5 Å². The molecule has 2 fully saturated rings. The number of likely N-dealkylation sites (tertiary alicyclic amines) is 1. The van der Waals surface area contributed by atoms with Gasteiger partial charge in [-0.1, -0.05) is 13.8 Å². The molecular weight excluding hydrogens is 558 g/mol. The highest BCUT2D eigenvalue weighted by Gasteiger charge is 2.56. The molecule has 2 saturated heterocycles. The van der Waals surface area contributed by atoms with Crippen LogP contribution >= 0.6 is 0 Å². The molecule has 4 rings (SSSR count). The number of benzene rings is 1. The maximum atomic E-state index is 14.8. The number of piperidine rings is 1. The first-order chi connectivity index (χ1) is 18.6. The summed E-state index contributed by atoms with van der Waals surface area (Å²) in [7, 11) is -3.78. The van der Waals surface area contributed by atoms with E-state index in [1.807, 2.05) is 18.7 Å². The summed E-state index contributed by atoms with van der Waals surface area (Å²) < 4.78 is 82.4. The van der Waals surface area contributed by atoms with Crippen LogP contribution in [0.2, 0.25) is 0 Å². The Labute approximate surface area is 228 Å². The van der Waals surface area contributed by atoms with Crippen LogP contribution in [0.25, 0.3) is 0 Å². The number of carbonyl (C=O) groups is 2. The molecular formula is C25H29F4N5O5S. The van der Waals surface area contributed by atoms with Gasteiger partial charge in [-0.25, -0.2) is 27.6 Å². The molecule has 0 radical (unpaired) electrons. The Morgan fingerprint density at radius 3 is 2.30 bits per heavy atom. The number of esters is 1. The normalized spacial score (nSPS) is 20.8. The molecule has 1 aromatic heterocycles. The van der Waals surface area contributed by atoms with Gasteiger partial charge < -0.3 is 19.9 Å². The monoisotopic (exact) mass is 587 g/mol. The van der Waals surface area contributed by atoms with Crippen LogP contribution in [0.4, 0.5) is 29.2 Å². The zero-order valence-corrected chi connectivity index (χ0v) is 22.9. The highest BCUT2D eigenvalue weighted by Crippen LogP contribution is 2.36. The molecule has 0 bridgehead atoms. The second-order valence-corrected chi connectivity index (χ2v) is 12.2. The van der Waals surface area contributed by atoms with Crippen molar-refractivity contribution in [3.05, 3.63) is 42.0 Å². The van der Waals surface area contributed by atoms with E-state index in [1.54, 1.807) is 12.4 Å². The van der Waals surface area contributed by atoms with Crippen molar-refractivity contribution >= 4 is 33.3 Å². The summed E-state index contributed by atoms with van der Waals surface area (Å²) in [6.45, 7) is 4.94. The average molecular weight is 588 g/mol. The number of nitrogens with zero attached hydrogens (tertiary/aromatic N) is 4. The van der Waals surface area contributed by atoms with Gasteiger partial charge >= 0.3 is 12.1 Å². The summed E-state index contributed by atoms with van der Waals surface area (Å²) >= 11 is 0. The van der Waals surface area contributed by atoms with Gasteiger partial charge in [-0.15, -0.1) is 0 Å². The van der Waals surface area contributed by atoms with Gasteiger partial charge in [0.15, 0.2) is 9.84 Å². The van der Waals surface area contributed by atoms with Crippen LogP contribution in [0.3, 0.4) is 0 Å². The minimum absolute atomic E-state index is 0.0513. The van der Waals surface area contributed by atoms with Crippen molar-refractivity contribution in [1.29, 1.82) is 0 Å². The summed E-state index contributed by atoms with van der Waals surface area (Å²) in [6, 6.07) is 2.28. The molecule has 15 heteroatoms. The molecule has 2 aromatic rings. The predicted octanol–water partition coefficient (Wildman–Crippen LogP) is 3.26. The standard InChI is InChI=1S/C25H29F4N5O5S/c1-15(2)16-13-30-23(31-14-16)33-9-6-17(7-10-33)34-11-8-24(21(34)35,39-22(36)25(27,28)29)32-20-5-4-18(12-19(20)26)40(3,37)38/h4-5,12-15,17,32H,6-11H2,1-3H3/t24-/m0/s1. The minimum atomic E-state index is -5.41. The number of halogens is 4. The number of anilines is 2. The Balaban J connectivity index is 1.53. The van der Waals surface area contributed by atoms with Gasteiger partial charge in [0.05, 0.1) is 10.6 Å². The van der Waals surface area contributed by atoms with E-state index in [0.717, 1.165) is 24.0 Å². The smallest absolute Gasteiger partial charge is 0.423 e. The molecule has 3 heterocycles. The lowest BCUT2D eigenvalue weighted by Gasteiger charge is -2.37. The number of carbonyl (C=O) groups excluding carboxylic acids is 2. The van der Waals surface area contributed by atoms with Gasteiger partial charge in [0.1, 0.15) is 5.82 Å². The molecule has 10 nitrogen and oxygen atoms in total. The molecule has 2 aliphatic rings. The summed E-state index contributed by atoms with van der Waals surface area (Å²) in [5.41, 5.74) is -2.04. The van der Waals surface area contributed by atoms with Crippen LogP contribution in [0, 0.1) is 5.82 Å². The molecule has 0 unspecified atom stereocenters. The number of hydrogen-bond donors (Lipinski definition) is 1. The summed E-state index contributed by atoms with van der Waals surface area (Å²) in [5, 5.41) is 2.34. The topological polar surface area (TPSA) is 122 Å². The highest BCUT2D eigenvalue weighted by atomic mass is 32.2. The second-order valence-electron chi connectivity index (χ2n) is 10.2. The molecule has 40 heavy (non-hydrogen) atoms. The van der Waals surface area contributed by atoms with Crippen molar-refractivity contribution in [3.63, 3.8) is 0 Å². The number of aromatic nitrogens is 2. The fourth-order valence-electron chi connectivity index (χ4n) is 4.73. The molecule has 2 aliphatic heterocycles. The number of amides is 1. The third kappa shape index (κ3) is 6.13. The highest BCUT2D eigenvalue weighted by molar-refractivity contribution is 7.90. The first-order valence-electron chi connectivity index (χ1n) is 12.6. The van der Waals surface area contributed by atoms with Crippen molar-refractivity contribution in [2.24, 2.45) is 0 Å². The summed E-state index contributed by atoms with van der Waals surface area (Å²) in [4.78, 5) is 37.1. The maximum Gasteiger partial charge on any atom is 0.491 e. The number of sulfone groups is 1. The van der Waals surface area contributed by atoms with Crippen LogP contribution < -0.4 is 10.2 Å². The van der Waals surface area contributed by atoms with Crippen LogP contribution in [-0.4, -0.2) is 79.0 Å². The van der Waals surface area contributed by atoms with E-state index < -0.39 is 45.1 Å². The number of alkyl halides is 3. The van der Waals surface area contributed by atoms with E-state index in [4.69, 9.17) is 4.74 Å². The zero-order chi connectivity index (χ0) is 29.5. The lowest BCUT2D eigenvalue weighted by atomic mass is 10.0. The maximum absolute atomic E-state index is 14.8. The van der Waals surface area contributed by atoms with E-state index in [9.17, 15) is 35.6 Å². The molecule has 0 aliphatic carbocycles. The Hall–Kier alpha value is -3.49. The van der Waals surface area contributed by atoms with Gasteiger partial charge in [0.2, 0.25) is 5.95 Å². The Morgan fingerprint density at radius 2 is 1.77 bits per heavy atom. The molecule has 218 valence electrons. The van der Waals surface area contributed by atoms with Gasteiger partial charge in [-0.3, -0.25) is 4.79 Å².